The van der Waals surface area contributed by atoms with Gasteiger partial charge in [-0.2, -0.15) is 12.6 Å². The van der Waals surface area contributed by atoms with Crippen molar-refractivity contribution in [3.8, 4) is 0 Å². The number of aliphatic carboxylic acids is 2. The third kappa shape index (κ3) is 5.39. The summed E-state index contributed by atoms with van der Waals surface area (Å²) in [4.78, 5) is 47.1. The molecule has 10 heteroatoms. The molecule has 0 aromatic heterocycles. The lowest BCUT2D eigenvalue weighted by Crippen LogP contribution is -2.55. The van der Waals surface area contributed by atoms with E-state index < -0.39 is 41.9 Å². The van der Waals surface area contributed by atoms with Crippen LogP contribution < -0.4 is 11.1 Å². The Labute approximate surface area is 138 Å². The van der Waals surface area contributed by atoms with Gasteiger partial charge in [0, 0.05) is 18.7 Å². The van der Waals surface area contributed by atoms with Crippen LogP contribution in [0.25, 0.3) is 0 Å². The zero-order valence-electron chi connectivity index (χ0n) is 12.5. The van der Waals surface area contributed by atoms with Gasteiger partial charge >= 0.3 is 11.9 Å². The molecule has 0 saturated carbocycles. The second-order valence-electron chi connectivity index (χ2n) is 5.31. The lowest BCUT2D eigenvalue weighted by atomic mass is 10.1. The van der Waals surface area contributed by atoms with E-state index in [4.69, 9.17) is 15.9 Å². The van der Waals surface area contributed by atoms with Crippen molar-refractivity contribution in [3.63, 3.8) is 0 Å². The Bertz CT molecular complexity index is 486. The van der Waals surface area contributed by atoms with Crippen molar-refractivity contribution in [1.82, 2.24) is 10.2 Å². The maximum atomic E-state index is 12.4. The summed E-state index contributed by atoms with van der Waals surface area (Å²) < 4.78 is 0. The van der Waals surface area contributed by atoms with Gasteiger partial charge in [-0.1, -0.05) is 0 Å². The van der Waals surface area contributed by atoms with Crippen molar-refractivity contribution in [1.29, 1.82) is 0 Å². The highest BCUT2D eigenvalue weighted by Crippen LogP contribution is 2.18. The average molecular weight is 347 g/mol. The van der Waals surface area contributed by atoms with Crippen molar-refractivity contribution in [2.24, 2.45) is 5.73 Å². The van der Waals surface area contributed by atoms with E-state index in [1.54, 1.807) is 0 Å². The molecule has 1 aliphatic heterocycles. The van der Waals surface area contributed by atoms with Gasteiger partial charge in [0.1, 0.15) is 12.1 Å². The Morgan fingerprint density at radius 2 is 1.96 bits per heavy atom. The van der Waals surface area contributed by atoms with Crippen LogP contribution in [0.5, 0.6) is 0 Å². The first kappa shape index (κ1) is 19.2. The molecule has 1 fully saturated rings. The minimum Gasteiger partial charge on any atom is -0.481 e. The van der Waals surface area contributed by atoms with Crippen LogP contribution in [-0.2, 0) is 19.2 Å². The van der Waals surface area contributed by atoms with Gasteiger partial charge in [-0.15, -0.1) is 0 Å². The molecule has 0 bridgehead atoms. The second kappa shape index (κ2) is 8.73. The van der Waals surface area contributed by atoms with Crippen LogP contribution in [0.1, 0.15) is 25.7 Å². The van der Waals surface area contributed by atoms with E-state index in [1.165, 1.54) is 4.90 Å². The third-order valence-electron chi connectivity index (χ3n) is 3.62. The van der Waals surface area contributed by atoms with E-state index >= 15 is 0 Å². The van der Waals surface area contributed by atoms with Crippen molar-refractivity contribution in [3.05, 3.63) is 0 Å². The molecule has 23 heavy (non-hydrogen) atoms. The summed E-state index contributed by atoms with van der Waals surface area (Å²) in [5, 5.41) is 20.1. The number of hydrogen-bond donors (Lipinski definition) is 5. The summed E-state index contributed by atoms with van der Waals surface area (Å²) in [6.07, 6.45) is 0.623. The minimum absolute atomic E-state index is 0.0148. The summed E-state index contributed by atoms with van der Waals surface area (Å²) in [6, 6.07) is -2.96. The SMILES string of the molecule is NC(CCC(=O)O)C(=O)NC(CS)C(=O)N1CCCC1C(=O)O. The normalized spacial score (nSPS) is 19.9. The number of likely N-dealkylation sites (tertiary alicyclic amines) is 1. The highest BCUT2D eigenvalue weighted by molar-refractivity contribution is 7.80. The summed E-state index contributed by atoms with van der Waals surface area (Å²) in [5.41, 5.74) is 5.58. The largest absolute Gasteiger partial charge is 0.481 e. The molecule has 3 atom stereocenters. The molecule has 130 valence electrons. The van der Waals surface area contributed by atoms with Crippen LogP contribution in [-0.4, -0.2) is 69.3 Å². The maximum absolute atomic E-state index is 12.4. The van der Waals surface area contributed by atoms with Crippen molar-refractivity contribution in [2.45, 2.75) is 43.8 Å². The Hall–Kier alpha value is -1.81. The molecule has 2 amide bonds. The van der Waals surface area contributed by atoms with Crippen LogP contribution in [0.4, 0.5) is 0 Å². The molecule has 5 N–H and O–H groups in total. The van der Waals surface area contributed by atoms with E-state index in [-0.39, 0.29) is 18.6 Å². The van der Waals surface area contributed by atoms with Gasteiger partial charge in [0.25, 0.3) is 0 Å². The molecule has 1 rings (SSSR count). The van der Waals surface area contributed by atoms with E-state index in [0.717, 1.165) is 0 Å². The topological polar surface area (TPSA) is 150 Å². The number of rotatable bonds is 8. The maximum Gasteiger partial charge on any atom is 0.326 e. The first-order chi connectivity index (χ1) is 10.8. The number of carbonyl (C=O) groups excluding carboxylic acids is 2. The van der Waals surface area contributed by atoms with E-state index in [0.29, 0.717) is 19.4 Å². The second-order valence-corrected chi connectivity index (χ2v) is 5.68. The number of hydrogen-bond acceptors (Lipinski definition) is 6. The lowest BCUT2D eigenvalue weighted by Gasteiger charge is -2.27. The van der Waals surface area contributed by atoms with Crippen molar-refractivity contribution >= 4 is 36.4 Å². The average Bonchev–Trinajstić information content (AvgIpc) is 2.98. The quantitative estimate of drug-likeness (QED) is 0.341. The molecule has 1 aliphatic rings. The smallest absolute Gasteiger partial charge is 0.326 e. The molecular formula is C13H21N3O6S. The Balaban J connectivity index is 2.65. The molecule has 0 aliphatic carbocycles. The number of thiol groups is 1. The van der Waals surface area contributed by atoms with E-state index in [1.807, 2.05) is 0 Å². The summed E-state index contributed by atoms with van der Waals surface area (Å²) in [7, 11) is 0. The highest BCUT2D eigenvalue weighted by Gasteiger charge is 2.37. The van der Waals surface area contributed by atoms with Crippen molar-refractivity contribution in [2.75, 3.05) is 12.3 Å². The van der Waals surface area contributed by atoms with Crippen LogP contribution in [0, 0.1) is 0 Å². The predicted molar refractivity (Wildman–Crippen MR) is 83.0 cm³/mol. The van der Waals surface area contributed by atoms with Crippen LogP contribution in [0.2, 0.25) is 0 Å². The first-order valence-electron chi connectivity index (χ1n) is 7.19. The zero-order chi connectivity index (χ0) is 17.6. The minimum atomic E-state index is -1.08. The number of nitrogens with two attached hydrogens (primary N) is 1. The van der Waals surface area contributed by atoms with Gasteiger partial charge < -0.3 is 26.2 Å². The molecule has 0 aromatic carbocycles. The third-order valence-corrected chi connectivity index (χ3v) is 3.99. The van der Waals surface area contributed by atoms with Gasteiger partial charge in [-0.25, -0.2) is 4.79 Å². The van der Waals surface area contributed by atoms with E-state index in [2.05, 4.69) is 17.9 Å². The van der Waals surface area contributed by atoms with Crippen LogP contribution >= 0.6 is 12.6 Å². The Kier molecular flexibility index (Phi) is 7.30. The van der Waals surface area contributed by atoms with Crippen molar-refractivity contribution < 1.29 is 29.4 Å². The lowest BCUT2D eigenvalue weighted by molar-refractivity contribution is -0.149. The Morgan fingerprint density at radius 1 is 1.30 bits per heavy atom. The number of amides is 2. The number of nitrogens with one attached hydrogen (secondary N) is 1. The monoisotopic (exact) mass is 347 g/mol. The fourth-order valence-corrected chi connectivity index (χ4v) is 2.61. The number of nitrogens with zero attached hydrogens (tertiary/aromatic N) is 1. The number of carbonyl (C=O) groups is 4. The van der Waals surface area contributed by atoms with Crippen LogP contribution in [0.3, 0.4) is 0 Å². The van der Waals surface area contributed by atoms with Crippen LogP contribution in [0.15, 0.2) is 0 Å². The van der Waals surface area contributed by atoms with E-state index in [9.17, 15) is 19.2 Å². The van der Waals surface area contributed by atoms with Gasteiger partial charge in [-0.3, -0.25) is 14.4 Å². The molecular weight excluding hydrogens is 326 g/mol. The summed E-state index contributed by atoms with van der Waals surface area (Å²) in [5.74, 6) is -3.36. The molecule has 1 heterocycles. The molecule has 0 spiro atoms. The fourth-order valence-electron chi connectivity index (χ4n) is 2.36. The standard InChI is InChI=1S/C13H21N3O6S/c14-7(3-4-10(17)18)11(19)15-8(6-23)12(20)16-5-1-2-9(16)13(21)22/h7-9,23H,1-6,14H2,(H,15,19)(H,17,18)(H,21,22). The molecule has 1 saturated heterocycles. The summed E-state index contributed by atoms with van der Waals surface area (Å²) in [6.45, 7) is 0.307. The number of carboxylic acid groups (broad SMARTS) is 2. The van der Waals surface area contributed by atoms with Gasteiger partial charge in [0.05, 0.1) is 6.04 Å². The molecule has 0 radical (unpaired) electrons. The summed E-state index contributed by atoms with van der Waals surface area (Å²) >= 11 is 4.01. The Morgan fingerprint density at radius 3 is 2.48 bits per heavy atom. The zero-order valence-corrected chi connectivity index (χ0v) is 13.4. The molecule has 0 aromatic rings. The molecule has 3 unspecified atom stereocenters. The van der Waals surface area contributed by atoms with Gasteiger partial charge in [0.2, 0.25) is 11.8 Å². The number of carboxylic acids is 2. The van der Waals surface area contributed by atoms with Gasteiger partial charge in [0.15, 0.2) is 0 Å². The molecule has 9 nitrogen and oxygen atoms in total. The fraction of sp³-hybridized carbons (Fsp3) is 0.692. The van der Waals surface area contributed by atoms with Gasteiger partial charge in [-0.05, 0) is 19.3 Å². The highest BCUT2D eigenvalue weighted by atomic mass is 32.1. The first-order valence-corrected chi connectivity index (χ1v) is 7.83. The predicted octanol–water partition coefficient (Wildman–Crippen LogP) is -1.33.